The van der Waals surface area contributed by atoms with Gasteiger partial charge in [-0.2, -0.15) is 13.2 Å². The highest BCUT2D eigenvalue weighted by Gasteiger charge is 2.40. The highest BCUT2D eigenvalue weighted by Crippen LogP contribution is 2.23. The van der Waals surface area contributed by atoms with Crippen LogP contribution in [0.15, 0.2) is 0 Å². The topological polar surface area (TPSA) is 90.0 Å². The average Bonchev–Trinajstić information content (AvgIpc) is 2.25. The lowest BCUT2D eigenvalue weighted by molar-refractivity contribution is -0.139. The van der Waals surface area contributed by atoms with Gasteiger partial charge in [-0.15, -0.1) is 0 Å². The first-order valence-corrected chi connectivity index (χ1v) is 5.79. The largest absolute Gasteiger partial charge is 0.395 e. The summed E-state index contributed by atoms with van der Waals surface area (Å²) < 4.78 is 36.1. The van der Waals surface area contributed by atoms with Crippen molar-refractivity contribution in [2.75, 3.05) is 19.7 Å². The maximum atomic E-state index is 12.0. The zero-order valence-electron chi connectivity index (χ0n) is 9.85. The summed E-state index contributed by atoms with van der Waals surface area (Å²) in [5, 5.41) is 28.3. The molecule has 5 nitrogen and oxygen atoms in total. The fraction of sp³-hybridized carbons (Fsp3) is 1.00. The van der Waals surface area contributed by atoms with Crippen LogP contribution in [0, 0.1) is 0 Å². The second-order valence-corrected chi connectivity index (χ2v) is 4.61. The van der Waals surface area contributed by atoms with E-state index in [2.05, 4.69) is 0 Å². The molecule has 1 saturated heterocycles. The molecule has 8 heteroatoms. The van der Waals surface area contributed by atoms with Crippen LogP contribution in [0.25, 0.3) is 0 Å². The second kappa shape index (κ2) is 6.16. The molecular formula is C10H19F3N2O3. The zero-order valence-corrected chi connectivity index (χ0v) is 9.85. The summed E-state index contributed by atoms with van der Waals surface area (Å²) in [6.07, 6.45) is -7.68. The Hall–Kier alpha value is -0.410. The van der Waals surface area contributed by atoms with Gasteiger partial charge in [0.15, 0.2) is 0 Å². The molecule has 1 fully saturated rings. The van der Waals surface area contributed by atoms with Gasteiger partial charge in [-0.05, 0) is 13.0 Å². The Morgan fingerprint density at radius 2 is 1.83 bits per heavy atom. The molecule has 0 spiro atoms. The number of halogens is 3. The van der Waals surface area contributed by atoms with Gasteiger partial charge in [0.2, 0.25) is 0 Å². The summed E-state index contributed by atoms with van der Waals surface area (Å²) in [4.78, 5) is 1.49. The lowest BCUT2D eigenvalue weighted by Crippen LogP contribution is -2.65. The van der Waals surface area contributed by atoms with Crippen molar-refractivity contribution in [3.05, 3.63) is 0 Å². The van der Waals surface area contributed by atoms with E-state index in [-0.39, 0.29) is 19.5 Å². The highest BCUT2D eigenvalue weighted by molar-refractivity contribution is 4.95. The maximum absolute atomic E-state index is 12.0. The van der Waals surface area contributed by atoms with Crippen LogP contribution in [-0.2, 0) is 0 Å². The Morgan fingerprint density at radius 1 is 1.22 bits per heavy atom. The Morgan fingerprint density at radius 3 is 2.33 bits per heavy atom. The minimum atomic E-state index is -4.22. The van der Waals surface area contributed by atoms with Crippen LogP contribution in [0.5, 0.6) is 0 Å². The summed E-state index contributed by atoms with van der Waals surface area (Å²) in [5.74, 6) is 0. The number of aliphatic hydroxyl groups is 3. The number of nitrogens with zero attached hydrogens (tertiary/aromatic N) is 1. The molecule has 0 amide bonds. The molecule has 0 saturated carbocycles. The normalized spacial score (nSPS) is 34.8. The maximum Gasteiger partial charge on any atom is 0.389 e. The molecule has 0 bridgehead atoms. The summed E-state index contributed by atoms with van der Waals surface area (Å²) in [6.45, 7) is -0.208. The lowest BCUT2D eigenvalue weighted by atomic mass is 9.93. The molecule has 0 aromatic carbocycles. The Kier molecular flexibility index (Phi) is 5.35. The first-order valence-electron chi connectivity index (χ1n) is 5.79. The van der Waals surface area contributed by atoms with Crippen molar-refractivity contribution in [3.63, 3.8) is 0 Å². The van der Waals surface area contributed by atoms with Gasteiger partial charge in [-0.25, -0.2) is 0 Å². The van der Waals surface area contributed by atoms with E-state index in [1.807, 2.05) is 0 Å². The van der Waals surface area contributed by atoms with E-state index in [0.717, 1.165) is 0 Å². The van der Waals surface area contributed by atoms with Crippen LogP contribution in [0.3, 0.4) is 0 Å². The van der Waals surface area contributed by atoms with Gasteiger partial charge >= 0.3 is 6.18 Å². The predicted molar refractivity (Wildman–Crippen MR) is 57.7 cm³/mol. The van der Waals surface area contributed by atoms with Crippen LogP contribution in [0.4, 0.5) is 13.2 Å². The highest BCUT2D eigenvalue weighted by atomic mass is 19.4. The van der Waals surface area contributed by atoms with Crippen molar-refractivity contribution in [2.45, 2.75) is 43.3 Å². The molecular weight excluding hydrogens is 253 g/mol. The Balaban J connectivity index is 2.52. The summed E-state index contributed by atoms with van der Waals surface area (Å²) >= 11 is 0. The van der Waals surface area contributed by atoms with Gasteiger partial charge in [0, 0.05) is 19.0 Å². The molecule has 18 heavy (non-hydrogen) atoms. The fourth-order valence-corrected chi connectivity index (χ4v) is 2.17. The van der Waals surface area contributed by atoms with Gasteiger partial charge in [-0.1, -0.05) is 0 Å². The van der Waals surface area contributed by atoms with Crippen LogP contribution >= 0.6 is 0 Å². The Labute approximate surface area is 103 Å². The van der Waals surface area contributed by atoms with Crippen molar-refractivity contribution in [1.29, 1.82) is 0 Å². The second-order valence-electron chi connectivity index (χ2n) is 4.61. The van der Waals surface area contributed by atoms with Crippen LogP contribution in [-0.4, -0.2) is 70.4 Å². The zero-order chi connectivity index (χ0) is 13.9. The number of nitrogens with two attached hydrogens (primary N) is 1. The third-order valence-electron chi connectivity index (χ3n) is 3.19. The molecule has 4 atom stereocenters. The lowest BCUT2D eigenvalue weighted by Gasteiger charge is -2.43. The van der Waals surface area contributed by atoms with Gasteiger partial charge in [-0.3, -0.25) is 4.90 Å². The first kappa shape index (κ1) is 15.6. The third-order valence-corrected chi connectivity index (χ3v) is 3.19. The molecule has 0 aliphatic carbocycles. The van der Waals surface area contributed by atoms with E-state index < -0.39 is 43.5 Å². The minimum Gasteiger partial charge on any atom is -0.395 e. The molecule has 108 valence electrons. The molecule has 0 aromatic heterocycles. The molecule has 0 aromatic rings. The molecule has 0 radical (unpaired) electrons. The number of likely N-dealkylation sites (tertiary alicyclic amines) is 1. The molecule has 5 N–H and O–H groups in total. The smallest absolute Gasteiger partial charge is 0.389 e. The van der Waals surface area contributed by atoms with Gasteiger partial charge < -0.3 is 21.1 Å². The molecule has 1 heterocycles. The van der Waals surface area contributed by atoms with E-state index in [0.29, 0.717) is 0 Å². The molecule has 1 aliphatic heterocycles. The first-order chi connectivity index (χ1) is 8.26. The average molecular weight is 272 g/mol. The number of hydrogen-bond donors (Lipinski definition) is 4. The quantitative estimate of drug-likeness (QED) is 0.530. The van der Waals surface area contributed by atoms with Crippen molar-refractivity contribution in [2.24, 2.45) is 5.73 Å². The monoisotopic (exact) mass is 272 g/mol. The number of rotatable bonds is 4. The number of alkyl halides is 3. The number of piperidine rings is 1. The number of hydrogen-bond acceptors (Lipinski definition) is 5. The van der Waals surface area contributed by atoms with Crippen molar-refractivity contribution in [1.82, 2.24) is 4.90 Å². The van der Waals surface area contributed by atoms with E-state index >= 15 is 0 Å². The van der Waals surface area contributed by atoms with Crippen LogP contribution in [0.1, 0.15) is 12.8 Å². The minimum absolute atomic E-state index is 0.0716. The van der Waals surface area contributed by atoms with E-state index in [9.17, 15) is 23.4 Å². The Bertz CT molecular complexity index is 265. The SMILES string of the molecule is N[C@H]1CN(CCCC(F)(F)F)[C@H](CO)[C@@H](O)[C@@H]1O. The summed E-state index contributed by atoms with van der Waals surface area (Å²) in [6, 6.07) is -1.50. The standard InChI is InChI=1S/C10H19F3N2O3/c11-10(12,13)2-1-3-15-4-6(14)8(17)9(18)7(15)5-16/h6-9,16-18H,1-5,14H2/t6-,7+,8+,9+/m0/s1. The molecule has 1 rings (SSSR count). The van der Waals surface area contributed by atoms with Crippen molar-refractivity contribution in [3.8, 4) is 0 Å². The van der Waals surface area contributed by atoms with Gasteiger partial charge in [0.25, 0.3) is 0 Å². The predicted octanol–water partition coefficient (Wildman–Crippen LogP) is -0.946. The van der Waals surface area contributed by atoms with E-state index in [4.69, 9.17) is 10.8 Å². The van der Waals surface area contributed by atoms with E-state index in [1.165, 1.54) is 4.90 Å². The summed E-state index contributed by atoms with van der Waals surface area (Å²) in [5.41, 5.74) is 5.58. The van der Waals surface area contributed by atoms with Crippen LogP contribution < -0.4 is 5.73 Å². The van der Waals surface area contributed by atoms with E-state index in [1.54, 1.807) is 0 Å². The molecule has 0 unspecified atom stereocenters. The molecule has 1 aliphatic rings. The van der Waals surface area contributed by atoms with Gasteiger partial charge in [0.05, 0.1) is 24.9 Å². The van der Waals surface area contributed by atoms with Gasteiger partial charge in [0.1, 0.15) is 0 Å². The third kappa shape index (κ3) is 4.06. The van der Waals surface area contributed by atoms with Crippen LogP contribution in [0.2, 0.25) is 0 Å². The summed E-state index contributed by atoms with van der Waals surface area (Å²) in [7, 11) is 0. The fourth-order valence-electron chi connectivity index (χ4n) is 2.17. The van der Waals surface area contributed by atoms with Crippen molar-refractivity contribution < 1.29 is 28.5 Å². The number of aliphatic hydroxyl groups excluding tert-OH is 3. The van der Waals surface area contributed by atoms with Crippen molar-refractivity contribution >= 4 is 0 Å².